The van der Waals surface area contributed by atoms with Crippen molar-refractivity contribution in [1.82, 2.24) is 0 Å². The third kappa shape index (κ3) is 3.60. The first-order valence-corrected chi connectivity index (χ1v) is 8.91. The van der Waals surface area contributed by atoms with Crippen LogP contribution < -0.4 is 11.1 Å². The Morgan fingerprint density at radius 2 is 2.04 bits per heavy atom. The zero-order valence-electron chi connectivity index (χ0n) is 13.9. The van der Waals surface area contributed by atoms with E-state index in [2.05, 4.69) is 12.2 Å². The number of nitrogens with two attached hydrogens (primary N) is 1. The molecular weight excluding hydrogens is 365 g/mol. The molecule has 2 aromatic rings. The van der Waals surface area contributed by atoms with Crippen molar-refractivity contribution in [2.45, 2.75) is 32.4 Å². The first-order chi connectivity index (χ1) is 12.2. The molecule has 0 spiro atoms. The van der Waals surface area contributed by atoms with Gasteiger partial charge < -0.3 is 11.1 Å². The Balaban J connectivity index is 1.92. The summed E-state index contributed by atoms with van der Waals surface area (Å²) < 4.78 is 38.5. The summed E-state index contributed by atoms with van der Waals surface area (Å²) >= 11 is 1.27. The predicted octanol–water partition coefficient (Wildman–Crippen LogP) is 4.24. The monoisotopic (exact) mass is 382 g/mol. The number of thiophene rings is 1. The number of hydrogen-bond acceptors (Lipinski definition) is 3. The fraction of sp³-hybridized carbons (Fsp3) is 0.333. The minimum Gasteiger partial charge on any atom is -0.365 e. The van der Waals surface area contributed by atoms with Gasteiger partial charge in [-0.3, -0.25) is 9.59 Å². The van der Waals surface area contributed by atoms with Crippen LogP contribution >= 0.6 is 11.3 Å². The molecule has 0 bridgehead atoms. The van der Waals surface area contributed by atoms with Gasteiger partial charge in [0.15, 0.2) is 0 Å². The topological polar surface area (TPSA) is 72.2 Å². The third-order valence-corrected chi connectivity index (χ3v) is 5.61. The molecule has 2 amide bonds. The van der Waals surface area contributed by atoms with Crippen LogP contribution in [0.1, 0.15) is 50.1 Å². The van der Waals surface area contributed by atoms with Gasteiger partial charge in [-0.15, -0.1) is 11.3 Å². The molecule has 0 fully saturated rings. The molecule has 1 aromatic carbocycles. The quantitative estimate of drug-likeness (QED) is 0.833. The number of anilines is 1. The van der Waals surface area contributed by atoms with Crippen LogP contribution in [0.25, 0.3) is 0 Å². The second-order valence-corrected chi connectivity index (χ2v) is 7.56. The lowest BCUT2D eigenvalue weighted by molar-refractivity contribution is -0.137. The number of amides is 2. The number of carbonyl (C=O) groups excluding carboxylic acids is 2. The van der Waals surface area contributed by atoms with Crippen molar-refractivity contribution < 1.29 is 22.8 Å². The van der Waals surface area contributed by atoms with E-state index in [1.54, 1.807) is 0 Å². The summed E-state index contributed by atoms with van der Waals surface area (Å²) in [5.41, 5.74) is 5.57. The number of alkyl halides is 3. The highest BCUT2D eigenvalue weighted by molar-refractivity contribution is 7.17. The van der Waals surface area contributed by atoms with Gasteiger partial charge in [0.05, 0.1) is 11.1 Å². The molecule has 0 unspecified atom stereocenters. The maximum Gasteiger partial charge on any atom is 0.416 e. The minimum atomic E-state index is -4.53. The number of fused-ring (bicyclic) bond motifs is 1. The van der Waals surface area contributed by atoms with Crippen LogP contribution in [0.15, 0.2) is 24.3 Å². The maximum atomic E-state index is 12.8. The van der Waals surface area contributed by atoms with Gasteiger partial charge in [-0.25, -0.2) is 0 Å². The average Bonchev–Trinajstić information content (AvgIpc) is 2.91. The molecule has 26 heavy (non-hydrogen) atoms. The first kappa shape index (κ1) is 18.4. The fourth-order valence-electron chi connectivity index (χ4n) is 3.11. The van der Waals surface area contributed by atoms with E-state index in [0.29, 0.717) is 17.3 Å². The van der Waals surface area contributed by atoms with Gasteiger partial charge in [-0.05, 0) is 48.9 Å². The molecule has 138 valence electrons. The molecule has 8 heteroatoms. The van der Waals surface area contributed by atoms with Crippen LogP contribution in [-0.2, 0) is 19.0 Å². The van der Waals surface area contributed by atoms with Gasteiger partial charge in [0.25, 0.3) is 11.8 Å². The molecule has 0 saturated carbocycles. The van der Waals surface area contributed by atoms with Crippen LogP contribution in [-0.4, -0.2) is 11.8 Å². The van der Waals surface area contributed by atoms with E-state index in [1.807, 2.05) is 0 Å². The number of halogens is 3. The number of nitrogens with one attached hydrogen (secondary N) is 1. The number of hydrogen-bond donors (Lipinski definition) is 2. The Morgan fingerprint density at radius 3 is 2.69 bits per heavy atom. The lowest BCUT2D eigenvalue weighted by atomic mass is 9.88. The molecule has 1 aliphatic carbocycles. The highest BCUT2D eigenvalue weighted by Crippen LogP contribution is 2.39. The molecule has 0 radical (unpaired) electrons. The van der Waals surface area contributed by atoms with Crippen molar-refractivity contribution in [2.75, 3.05) is 5.32 Å². The van der Waals surface area contributed by atoms with Gasteiger partial charge in [0.2, 0.25) is 0 Å². The molecule has 0 saturated heterocycles. The van der Waals surface area contributed by atoms with E-state index in [4.69, 9.17) is 5.73 Å². The predicted molar refractivity (Wildman–Crippen MR) is 93.4 cm³/mol. The van der Waals surface area contributed by atoms with E-state index in [1.165, 1.54) is 23.5 Å². The van der Waals surface area contributed by atoms with Crippen LogP contribution in [0.5, 0.6) is 0 Å². The summed E-state index contributed by atoms with van der Waals surface area (Å²) in [4.78, 5) is 25.3. The number of primary amides is 1. The van der Waals surface area contributed by atoms with Crippen molar-refractivity contribution in [1.29, 1.82) is 0 Å². The number of carbonyl (C=O) groups is 2. The normalized spacial score (nSPS) is 16.8. The fourth-order valence-corrected chi connectivity index (χ4v) is 4.52. The van der Waals surface area contributed by atoms with E-state index < -0.39 is 23.6 Å². The molecule has 0 aliphatic heterocycles. The van der Waals surface area contributed by atoms with Crippen LogP contribution in [0, 0.1) is 5.92 Å². The van der Waals surface area contributed by atoms with Crippen LogP contribution in [0.4, 0.5) is 18.2 Å². The average molecular weight is 382 g/mol. The number of rotatable bonds is 3. The van der Waals surface area contributed by atoms with Crippen LogP contribution in [0.2, 0.25) is 0 Å². The standard InChI is InChI=1S/C18H17F3N2O2S/c1-9-5-6-12-13(7-9)26-17(14(12)15(22)24)23-16(25)10-3-2-4-11(8-10)18(19,20)21/h2-4,8-9H,5-7H2,1H3,(H2,22,24)(H,23,25)/t9-/m1/s1. The molecule has 1 atom stereocenters. The summed E-state index contributed by atoms with van der Waals surface area (Å²) in [6.45, 7) is 2.10. The smallest absolute Gasteiger partial charge is 0.365 e. The van der Waals surface area contributed by atoms with Crippen molar-refractivity contribution in [3.8, 4) is 0 Å². The Bertz CT molecular complexity index is 874. The lowest BCUT2D eigenvalue weighted by Crippen LogP contribution is -2.19. The second-order valence-electron chi connectivity index (χ2n) is 6.45. The van der Waals surface area contributed by atoms with Gasteiger partial charge in [0, 0.05) is 10.4 Å². The van der Waals surface area contributed by atoms with Crippen molar-refractivity contribution in [2.24, 2.45) is 11.7 Å². The van der Waals surface area contributed by atoms with E-state index in [0.717, 1.165) is 35.4 Å². The van der Waals surface area contributed by atoms with E-state index >= 15 is 0 Å². The lowest BCUT2D eigenvalue weighted by Gasteiger charge is -2.18. The first-order valence-electron chi connectivity index (χ1n) is 8.09. The Hall–Kier alpha value is -2.35. The Morgan fingerprint density at radius 1 is 1.31 bits per heavy atom. The maximum absolute atomic E-state index is 12.8. The summed E-state index contributed by atoms with van der Waals surface area (Å²) in [6.07, 6.45) is -2.12. The second kappa shape index (κ2) is 6.75. The van der Waals surface area contributed by atoms with E-state index in [9.17, 15) is 22.8 Å². The highest BCUT2D eigenvalue weighted by atomic mass is 32.1. The minimum absolute atomic E-state index is 0.130. The molecule has 1 aromatic heterocycles. The molecule has 3 N–H and O–H groups in total. The van der Waals surface area contributed by atoms with Crippen LogP contribution in [0.3, 0.4) is 0 Å². The zero-order chi connectivity index (χ0) is 19.1. The largest absolute Gasteiger partial charge is 0.416 e. The van der Waals surface area contributed by atoms with Gasteiger partial charge in [0.1, 0.15) is 5.00 Å². The Kier molecular flexibility index (Phi) is 4.79. The summed E-state index contributed by atoms with van der Waals surface area (Å²) in [5, 5.41) is 2.87. The van der Waals surface area contributed by atoms with Crippen molar-refractivity contribution in [3.05, 3.63) is 51.4 Å². The molecule has 3 rings (SSSR count). The SMILES string of the molecule is C[C@@H]1CCc2c(sc(NC(=O)c3cccc(C(F)(F)F)c3)c2C(N)=O)C1. The summed E-state index contributed by atoms with van der Waals surface area (Å²) in [6, 6.07) is 4.16. The van der Waals surface area contributed by atoms with Gasteiger partial charge in [-0.1, -0.05) is 13.0 Å². The molecule has 1 aliphatic rings. The molecule has 1 heterocycles. The summed E-state index contributed by atoms with van der Waals surface area (Å²) in [7, 11) is 0. The summed E-state index contributed by atoms with van der Waals surface area (Å²) in [5.74, 6) is -0.879. The molecule has 4 nitrogen and oxygen atoms in total. The van der Waals surface area contributed by atoms with Gasteiger partial charge >= 0.3 is 6.18 Å². The Labute approximate surface area is 152 Å². The number of benzene rings is 1. The van der Waals surface area contributed by atoms with Gasteiger partial charge in [-0.2, -0.15) is 13.2 Å². The third-order valence-electron chi connectivity index (χ3n) is 4.44. The van der Waals surface area contributed by atoms with E-state index in [-0.39, 0.29) is 11.1 Å². The van der Waals surface area contributed by atoms with Crippen molar-refractivity contribution >= 4 is 28.2 Å². The highest BCUT2D eigenvalue weighted by Gasteiger charge is 2.31. The molecular formula is C18H17F3N2O2S. The zero-order valence-corrected chi connectivity index (χ0v) is 14.8. The van der Waals surface area contributed by atoms with Crippen molar-refractivity contribution in [3.63, 3.8) is 0 Å².